The minimum absolute atomic E-state index is 0.0907. The van der Waals surface area contributed by atoms with Gasteiger partial charge in [0.15, 0.2) is 5.67 Å². The Morgan fingerprint density at radius 1 is 1.15 bits per heavy atom. The summed E-state index contributed by atoms with van der Waals surface area (Å²) in [5, 5.41) is 2.41. The highest BCUT2D eigenvalue weighted by molar-refractivity contribution is 6.21. The normalized spacial score (nSPS) is 17.3. The Hall–Kier alpha value is -2.84. The number of hydrogen-bond acceptors (Lipinski definition) is 4. The minimum Gasteiger partial charge on any atom is -0.323 e. The van der Waals surface area contributed by atoms with E-state index < -0.39 is 29.4 Å². The van der Waals surface area contributed by atoms with Crippen LogP contribution in [0.1, 0.15) is 41.1 Å². The first kappa shape index (κ1) is 16.6. The van der Waals surface area contributed by atoms with Crippen molar-refractivity contribution in [3.8, 4) is 11.1 Å². The Kier molecular flexibility index (Phi) is 3.40. The van der Waals surface area contributed by atoms with Gasteiger partial charge in [0, 0.05) is 23.0 Å². The Morgan fingerprint density at radius 3 is 2.50 bits per heavy atom. The van der Waals surface area contributed by atoms with Crippen molar-refractivity contribution in [2.75, 3.05) is 5.32 Å². The van der Waals surface area contributed by atoms with Gasteiger partial charge in [-0.15, -0.1) is 0 Å². The second-order valence-corrected chi connectivity index (χ2v) is 6.32. The minimum atomic E-state index is -4.76. The van der Waals surface area contributed by atoms with E-state index in [0.29, 0.717) is 12.0 Å². The molecule has 0 saturated heterocycles. The molecule has 4 rings (SSSR count). The van der Waals surface area contributed by atoms with Crippen molar-refractivity contribution in [2.24, 2.45) is 0 Å². The van der Waals surface area contributed by atoms with Crippen molar-refractivity contribution in [1.82, 2.24) is 9.97 Å². The number of carbonyl (C=O) groups is 2. The van der Waals surface area contributed by atoms with E-state index >= 15 is 0 Å². The first-order valence-corrected chi connectivity index (χ1v) is 7.83. The second kappa shape index (κ2) is 5.33. The Bertz CT molecular complexity index is 952. The standard InChI is InChI=1S/C17H11F4N3O2/c18-16(4-1-5-16)15(26)23-8-2-3-9-10(6-8)13(25)12-11(9)7-22-14(24-12)17(19,20)21/h2-3,6-7H,1,4-5H2,(H,23,26). The predicted molar refractivity (Wildman–Crippen MR) is 82.2 cm³/mol. The highest BCUT2D eigenvalue weighted by Crippen LogP contribution is 2.39. The third-order valence-corrected chi connectivity index (χ3v) is 4.62. The largest absolute Gasteiger partial charge is 0.451 e. The van der Waals surface area contributed by atoms with Crippen molar-refractivity contribution in [2.45, 2.75) is 31.1 Å². The number of aromatic nitrogens is 2. The second-order valence-electron chi connectivity index (χ2n) is 6.32. The summed E-state index contributed by atoms with van der Waals surface area (Å²) in [7, 11) is 0. The number of carbonyl (C=O) groups excluding carboxylic acids is 2. The van der Waals surface area contributed by atoms with Gasteiger partial charge in [-0.2, -0.15) is 13.2 Å². The first-order chi connectivity index (χ1) is 12.2. The van der Waals surface area contributed by atoms with E-state index in [1.54, 1.807) is 0 Å². The number of nitrogens with one attached hydrogen (secondary N) is 1. The van der Waals surface area contributed by atoms with E-state index in [9.17, 15) is 27.2 Å². The van der Waals surface area contributed by atoms with E-state index in [0.717, 1.165) is 6.20 Å². The molecular weight excluding hydrogens is 354 g/mol. The smallest absolute Gasteiger partial charge is 0.323 e. The lowest BCUT2D eigenvalue weighted by atomic mass is 9.81. The molecule has 1 aromatic heterocycles. The molecule has 1 fully saturated rings. The molecule has 9 heteroatoms. The lowest BCUT2D eigenvalue weighted by Gasteiger charge is -2.32. The summed E-state index contributed by atoms with van der Waals surface area (Å²) in [6.07, 6.45) is -2.89. The van der Waals surface area contributed by atoms with Gasteiger partial charge in [-0.1, -0.05) is 6.07 Å². The number of rotatable bonds is 2. The van der Waals surface area contributed by atoms with Crippen molar-refractivity contribution >= 4 is 17.4 Å². The number of benzene rings is 1. The average Bonchev–Trinajstić information content (AvgIpc) is 2.84. The van der Waals surface area contributed by atoms with Crippen LogP contribution in [0.3, 0.4) is 0 Å². The molecule has 1 aromatic carbocycles. The molecule has 1 saturated carbocycles. The zero-order valence-corrected chi connectivity index (χ0v) is 13.2. The zero-order chi connectivity index (χ0) is 18.7. The summed E-state index contributed by atoms with van der Waals surface area (Å²) >= 11 is 0. The summed E-state index contributed by atoms with van der Waals surface area (Å²) < 4.78 is 52.4. The van der Waals surface area contributed by atoms with Gasteiger partial charge in [-0.3, -0.25) is 9.59 Å². The lowest BCUT2D eigenvalue weighted by Crippen LogP contribution is -2.44. The number of anilines is 1. The van der Waals surface area contributed by atoms with Gasteiger partial charge in [0.05, 0.1) is 0 Å². The molecule has 5 nitrogen and oxygen atoms in total. The van der Waals surface area contributed by atoms with Crippen LogP contribution in [0.4, 0.5) is 23.2 Å². The monoisotopic (exact) mass is 365 g/mol. The molecule has 0 atom stereocenters. The fourth-order valence-corrected chi connectivity index (χ4v) is 3.02. The molecule has 0 spiro atoms. The predicted octanol–water partition coefficient (Wildman–Crippen LogP) is 3.54. The van der Waals surface area contributed by atoms with Crippen molar-refractivity contribution in [3.63, 3.8) is 0 Å². The Labute approximate surface area is 144 Å². The molecule has 2 aliphatic carbocycles. The van der Waals surface area contributed by atoms with Crippen LogP contribution < -0.4 is 5.32 Å². The van der Waals surface area contributed by atoms with E-state index in [-0.39, 0.29) is 35.3 Å². The van der Waals surface area contributed by atoms with Gasteiger partial charge in [-0.25, -0.2) is 14.4 Å². The summed E-state index contributed by atoms with van der Waals surface area (Å²) in [5.74, 6) is -2.88. The fraction of sp³-hybridized carbons (Fsp3) is 0.294. The molecule has 0 bridgehead atoms. The van der Waals surface area contributed by atoms with Crippen LogP contribution in [0, 0.1) is 0 Å². The number of fused-ring (bicyclic) bond motifs is 3. The summed E-state index contributed by atoms with van der Waals surface area (Å²) in [5.41, 5.74) is -1.39. The maximum Gasteiger partial charge on any atom is 0.451 e. The average molecular weight is 365 g/mol. The number of amides is 1. The molecule has 26 heavy (non-hydrogen) atoms. The number of nitrogens with zero attached hydrogens (tertiary/aromatic N) is 2. The molecule has 0 aliphatic heterocycles. The van der Waals surface area contributed by atoms with Gasteiger partial charge in [0.1, 0.15) is 5.69 Å². The van der Waals surface area contributed by atoms with Gasteiger partial charge in [-0.05, 0) is 37.0 Å². The third kappa shape index (κ3) is 2.46. The highest BCUT2D eigenvalue weighted by Gasteiger charge is 2.44. The molecule has 2 aromatic rings. The number of halogens is 4. The molecule has 2 aliphatic rings. The number of ketones is 1. The summed E-state index contributed by atoms with van der Waals surface area (Å²) in [4.78, 5) is 31.0. The van der Waals surface area contributed by atoms with Crippen LogP contribution in [0.5, 0.6) is 0 Å². The van der Waals surface area contributed by atoms with Gasteiger partial charge in [0.25, 0.3) is 5.91 Å². The van der Waals surface area contributed by atoms with E-state index in [2.05, 4.69) is 15.3 Å². The van der Waals surface area contributed by atoms with Crippen LogP contribution in [-0.2, 0) is 11.0 Å². The van der Waals surface area contributed by atoms with Crippen molar-refractivity contribution in [3.05, 3.63) is 41.5 Å². The lowest BCUT2D eigenvalue weighted by molar-refractivity contribution is -0.145. The molecule has 0 unspecified atom stereocenters. The Balaban J connectivity index is 1.66. The van der Waals surface area contributed by atoms with Gasteiger partial charge in [0.2, 0.25) is 11.6 Å². The zero-order valence-electron chi connectivity index (χ0n) is 13.2. The maximum absolute atomic E-state index is 14.1. The highest BCUT2D eigenvalue weighted by atomic mass is 19.4. The van der Waals surface area contributed by atoms with Crippen molar-refractivity contribution in [1.29, 1.82) is 0 Å². The van der Waals surface area contributed by atoms with Crippen LogP contribution in [0.15, 0.2) is 24.4 Å². The Morgan fingerprint density at radius 2 is 1.88 bits per heavy atom. The SMILES string of the molecule is O=C1c2cc(NC(=O)C3(F)CCC3)ccc2-c2cnc(C(F)(F)F)nc21. The quantitative estimate of drug-likeness (QED) is 0.705. The molecule has 1 N–H and O–H groups in total. The molecule has 1 heterocycles. The van der Waals surface area contributed by atoms with Gasteiger partial charge < -0.3 is 5.32 Å². The van der Waals surface area contributed by atoms with E-state index in [4.69, 9.17) is 0 Å². The molecule has 1 amide bonds. The van der Waals surface area contributed by atoms with Gasteiger partial charge >= 0.3 is 6.18 Å². The molecule has 0 radical (unpaired) electrons. The fourth-order valence-electron chi connectivity index (χ4n) is 3.02. The number of alkyl halides is 4. The topological polar surface area (TPSA) is 72.0 Å². The van der Waals surface area contributed by atoms with Crippen LogP contribution in [0.2, 0.25) is 0 Å². The van der Waals surface area contributed by atoms with E-state index in [1.165, 1.54) is 18.2 Å². The summed E-state index contributed by atoms with van der Waals surface area (Å²) in [6.45, 7) is 0. The molecule has 134 valence electrons. The van der Waals surface area contributed by atoms with E-state index in [1.807, 2.05) is 0 Å². The number of hydrogen-bond donors (Lipinski definition) is 1. The van der Waals surface area contributed by atoms with Crippen LogP contribution >= 0.6 is 0 Å². The van der Waals surface area contributed by atoms with Crippen LogP contribution in [-0.4, -0.2) is 27.3 Å². The summed E-state index contributed by atoms with van der Waals surface area (Å²) in [6, 6.07) is 4.24. The maximum atomic E-state index is 14.1. The van der Waals surface area contributed by atoms with Crippen molar-refractivity contribution < 1.29 is 27.2 Å². The third-order valence-electron chi connectivity index (χ3n) is 4.62. The van der Waals surface area contributed by atoms with Crippen LogP contribution in [0.25, 0.3) is 11.1 Å². The first-order valence-electron chi connectivity index (χ1n) is 7.83. The molecular formula is C17H11F4N3O2.